The summed E-state index contributed by atoms with van der Waals surface area (Å²) in [6.07, 6.45) is 1.89. The zero-order valence-electron chi connectivity index (χ0n) is 19.1. The first-order valence-electron chi connectivity index (χ1n) is 11.0. The van der Waals surface area contributed by atoms with Crippen LogP contribution in [-0.2, 0) is 14.8 Å². The van der Waals surface area contributed by atoms with Gasteiger partial charge in [-0.05, 0) is 73.0 Å². The lowest BCUT2D eigenvalue weighted by molar-refractivity contribution is -0.129. The van der Waals surface area contributed by atoms with Crippen molar-refractivity contribution in [2.24, 2.45) is 0 Å². The molecule has 0 N–H and O–H groups in total. The van der Waals surface area contributed by atoms with Crippen molar-refractivity contribution in [1.82, 2.24) is 4.90 Å². The summed E-state index contributed by atoms with van der Waals surface area (Å²) in [5, 5.41) is 0. The number of carbonyl (C=O) groups excluding carboxylic acids is 1. The number of hydrogen-bond acceptors (Lipinski definition) is 5. The molecule has 6 nitrogen and oxygen atoms in total. The first kappa shape index (κ1) is 25.0. The zero-order valence-corrected chi connectivity index (χ0v) is 20.7. The molecule has 0 unspecified atom stereocenters. The first-order valence-corrected chi connectivity index (χ1v) is 13.6. The van der Waals surface area contributed by atoms with Gasteiger partial charge in [-0.25, -0.2) is 17.2 Å². The van der Waals surface area contributed by atoms with E-state index in [1.807, 2.05) is 11.2 Å². The van der Waals surface area contributed by atoms with Crippen LogP contribution in [0.15, 0.2) is 82.6 Å². The molecular formula is C25H25F2N3O3S2. The number of sulfonamides is 1. The van der Waals surface area contributed by atoms with E-state index in [-0.39, 0.29) is 22.3 Å². The van der Waals surface area contributed by atoms with Gasteiger partial charge < -0.3 is 9.80 Å². The second-order valence-corrected chi connectivity index (χ2v) is 10.8. The average Bonchev–Trinajstić information content (AvgIpc) is 2.87. The van der Waals surface area contributed by atoms with Crippen LogP contribution >= 0.6 is 11.8 Å². The largest absolute Gasteiger partial charge is 0.368 e. The summed E-state index contributed by atoms with van der Waals surface area (Å²) in [5.41, 5.74) is 0.938. The van der Waals surface area contributed by atoms with Gasteiger partial charge in [-0.15, -0.1) is 11.8 Å². The monoisotopic (exact) mass is 517 g/mol. The van der Waals surface area contributed by atoms with Crippen molar-refractivity contribution in [2.75, 3.05) is 48.2 Å². The highest BCUT2D eigenvalue weighted by Crippen LogP contribution is 2.26. The van der Waals surface area contributed by atoms with Crippen LogP contribution in [0, 0.1) is 11.6 Å². The predicted octanol–water partition coefficient (Wildman–Crippen LogP) is 4.23. The molecule has 1 fully saturated rings. The minimum Gasteiger partial charge on any atom is -0.368 e. The molecule has 1 saturated heterocycles. The smallest absolute Gasteiger partial charge is 0.264 e. The number of amides is 1. The fourth-order valence-electron chi connectivity index (χ4n) is 3.91. The van der Waals surface area contributed by atoms with Crippen LogP contribution in [0.25, 0.3) is 0 Å². The van der Waals surface area contributed by atoms with Gasteiger partial charge in [0.2, 0.25) is 5.91 Å². The summed E-state index contributed by atoms with van der Waals surface area (Å²) < 4.78 is 55.2. The number of nitrogens with zero attached hydrogens (tertiary/aromatic N) is 3. The Balaban J connectivity index is 1.53. The lowest BCUT2D eigenvalue weighted by atomic mass is 10.2. The summed E-state index contributed by atoms with van der Waals surface area (Å²) in [4.78, 5) is 17.7. The molecule has 0 atom stereocenters. The van der Waals surface area contributed by atoms with Gasteiger partial charge in [0.1, 0.15) is 18.2 Å². The third-order valence-corrected chi connectivity index (χ3v) is 8.38. The highest BCUT2D eigenvalue weighted by Gasteiger charge is 2.30. The molecule has 0 aliphatic carbocycles. The minimum absolute atomic E-state index is 0.0218. The van der Waals surface area contributed by atoms with E-state index < -0.39 is 22.4 Å². The van der Waals surface area contributed by atoms with Crippen LogP contribution in [0.3, 0.4) is 0 Å². The topological polar surface area (TPSA) is 60.9 Å². The molecular weight excluding hydrogens is 492 g/mol. The normalized spacial score (nSPS) is 14.1. The fraction of sp³-hybridized carbons (Fsp3) is 0.240. The SMILES string of the molecule is CSc1ccc(S(=O)(=O)N(CC(=O)N2CCN(c3ccc(F)cc3)CC2)c2cccc(F)c2)cc1. The highest BCUT2D eigenvalue weighted by atomic mass is 32.2. The standard InChI is InChI=1S/C25H25F2N3O3S2/c1-34-23-9-11-24(12-10-23)35(32,33)30(22-4-2-3-20(27)17-22)18-25(31)29-15-13-28(14-16-29)21-7-5-19(26)6-8-21/h2-12,17H,13-16,18H2,1H3. The number of thioether (sulfide) groups is 1. The molecule has 0 aromatic heterocycles. The third-order valence-electron chi connectivity index (χ3n) is 5.85. The number of benzene rings is 3. The van der Waals surface area contributed by atoms with E-state index >= 15 is 0 Å². The van der Waals surface area contributed by atoms with E-state index in [4.69, 9.17) is 0 Å². The Labute approximate surface area is 208 Å². The lowest BCUT2D eigenvalue weighted by Crippen LogP contribution is -2.52. The molecule has 1 aliphatic rings. The molecule has 0 bridgehead atoms. The van der Waals surface area contributed by atoms with Crippen molar-refractivity contribution in [3.05, 3.63) is 84.4 Å². The van der Waals surface area contributed by atoms with Crippen molar-refractivity contribution in [1.29, 1.82) is 0 Å². The molecule has 0 saturated carbocycles. The van der Waals surface area contributed by atoms with E-state index in [2.05, 4.69) is 0 Å². The highest BCUT2D eigenvalue weighted by molar-refractivity contribution is 7.98. The zero-order chi connectivity index (χ0) is 25.0. The van der Waals surface area contributed by atoms with Gasteiger partial charge >= 0.3 is 0 Å². The minimum atomic E-state index is -4.12. The molecule has 3 aromatic carbocycles. The van der Waals surface area contributed by atoms with E-state index in [0.29, 0.717) is 26.2 Å². The second-order valence-electron chi connectivity index (χ2n) is 8.01. The maximum absolute atomic E-state index is 14.0. The van der Waals surface area contributed by atoms with E-state index in [1.165, 1.54) is 54.2 Å². The van der Waals surface area contributed by atoms with Crippen molar-refractivity contribution in [2.45, 2.75) is 9.79 Å². The number of carbonyl (C=O) groups is 1. The Bertz CT molecular complexity index is 1280. The summed E-state index contributed by atoms with van der Waals surface area (Å²) in [6.45, 7) is 1.37. The molecule has 35 heavy (non-hydrogen) atoms. The Morgan fingerprint density at radius 1 is 0.914 bits per heavy atom. The number of piperazine rings is 1. The maximum Gasteiger partial charge on any atom is 0.264 e. The quantitative estimate of drug-likeness (QED) is 0.439. The molecule has 10 heteroatoms. The Hall–Kier alpha value is -3.11. The molecule has 3 aromatic rings. The molecule has 0 radical (unpaired) electrons. The summed E-state index contributed by atoms with van der Waals surface area (Å²) in [5.74, 6) is -1.29. The van der Waals surface area contributed by atoms with Crippen molar-refractivity contribution >= 4 is 39.1 Å². The molecule has 184 valence electrons. The second kappa shape index (κ2) is 10.7. The molecule has 1 heterocycles. The molecule has 0 spiro atoms. The van der Waals surface area contributed by atoms with E-state index in [1.54, 1.807) is 29.2 Å². The molecule has 1 amide bonds. The van der Waals surface area contributed by atoms with Crippen LogP contribution in [0.1, 0.15) is 0 Å². The van der Waals surface area contributed by atoms with Gasteiger partial charge in [0, 0.05) is 36.8 Å². The number of halogens is 2. The summed E-state index contributed by atoms with van der Waals surface area (Å²) in [6, 6.07) is 17.7. The summed E-state index contributed by atoms with van der Waals surface area (Å²) in [7, 11) is -4.12. The summed E-state index contributed by atoms with van der Waals surface area (Å²) >= 11 is 1.48. The first-order chi connectivity index (χ1) is 16.8. The molecule has 4 rings (SSSR count). The Morgan fingerprint density at radius 2 is 1.57 bits per heavy atom. The van der Waals surface area contributed by atoms with Gasteiger partial charge in [-0.1, -0.05) is 6.07 Å². The van der Waals surface area contributed by atoms with Gasteiger partial charge in [0.05, 0.1) is 10.6 Å². The Kier molecular flexibility index (Phi) is 7.61. The van der Waals surface area contributed by atoms with Crippen molar-refractivity contribution < 1.29 is 22.0 Å². The lowest BCUT2D eigenvalue weighted by Gasteiger charge is -2.37. The average molecular weight is 518 g/mol. The van der Waals surface area contributed by atoms with Gasteiger partial charge in [-0.2, -0.15) is 0 Å². The third kappa shape index (κ3) is 5.76. The predicted molar refractivity (Wildman–Crippen MR) is 134 cm³/mol. The van der Waals surface area contributed by atoms with Crippen LogP contribution < -0.4 is 9.21 Å². The maximum atomic E-state index is 14.0. The number of rotatable bonds is 7. The van der Waals surface area contributed by atoms with Crippen LogP contribution in [0.2, 0.25) is 0 Å². The van der Waals surface area contributed by atoms with Gasteiger partial charge in [-0.3, -0.25) is 9.10 Å². The van der Waals surface area contributed by atoms with E-state index in [0.717, 1.165) is 21.0 Å². The van der Waals surface area contributed by atoms with Crippen molar-refractivity contribution in [3.8, 4) is 0 Å². The van der Waals surface area contributed by atoms with Crippen LogP contribution in [-0.4, -0.2) is 58.2 Å². The Morgan fingerprint density at radius 3 is 2.17 bits per heavy atom. The number of anilines is 2. The molecule has 1 aliphatic heterocycles. The number of hydrogen-bond donors (Lipinski definition) is 0. The fourth-order valence-corrected chi connectivity index (χ4v) is 5.72. The van der Waals surface area contributed by atoms with Crippen molar-refractivity contribution in [3.63, 3.8) is 0 Å². The van der Waals surface area contributed by atoms with Gasteiger partial charge in [0.15, 0.2) is 0 Å². The van der Waals surface area contributed by atoms with E-state index in [9.17, 15) is 22.0 Å². The van der Waals surface area contributed by atoms with Gasteiger partial charge in [0.25, 0.3) is 10.0 Å². The van der Waals surface area contributed by atoms with Crippen LogP contribution in [0.5, 0.6) is 0 Å². The van der Waals surface area contributed by atoms with Crippen LogP contribution in [0.4, 0.5) is 20.2 Å².